The number of non-ortho nitro benzene ring substituents is 1. The van der Waals surface area contributed by atoms with Crippen LogP contribution in [-0.4, -0.2) is 17.0 Å². The van der Waals surface area contributed by atoms with Crippen molar-refractivity contribution in [3.05, 3.63) is 39.2 Å². The van der Waals surface area contributed by atoms with Crippen LogP contribution >= 0.6 is 0 Å². The minimum atomic E-state index is -0.821. The fourth-order valence-corrected chi connectivity index (χ4v) is 2.66. The zero-order valence-corrected chi connectivity index (χ0v) is 12.1. The highest BCUT2D eigenvalue weighted by Gasteiger charge is 2.28. The minimum Gasteiger partial charge on any atom is -0.458 e. The number of carbonyl (C=O) groups is 1. The van der Waals surface area contributed by atoms with Crippen molar-refractivity contribution in [1.82, 2.24) is 0 Å². The van der Waals surface area contributed by atoms with Gasteiger partial charge in [0.05, 0.1) is 4.92 Å². The minimum absolute atomic E-state index is 0.0628. The van der Waals surface area contributed by atoms with Crippen LogP contribution in [0.3, 0.4) is 0 Å². The van der Waals surface area contributed by atoms with Gasteiger partial charge in [-0.2, -0.15) is 0 Å². The van der Waals surface area contributed by atoms with E-state index in [2.05, 4.69) is 0 Å². The molecule has 1 aliphatic rings. The summed E-state index contributed by atoms with van der Waals surface area (Å²) >= 11 is 0. The van der Waals surface area contributed by atoms with Gasteiger partial charge in [0, 0.05) is 12.1 Å². The van der Waals surface area contributed by atoms with Crippen LogP contribution in [-0.2, 0) is 4.74 Å². The molecule has 0 spiro atoms. The van der Waals surface area contributed by atoms with E-state index in [0.717, 1.165) is 37.8 Å². The van der Waals surface area contributed by atoms with Crippen LogP contribution in [0.15, 0.2) is 12.1 Å². The molecule has 2 unspecified atom stereocenters. The summed E-state index contributed by atoms with van der Waals surface area (Å²) in [6.45, 7) is 3.38. The van der Waals surface area contributed by atoms with Crippen molar-refractivity contribution in [2.45, 2.75) is 45.6 Å². The van der Waals surface area contributed by atoms with Gasteiger partial charge in [0.15, 0.2) is 0 Å². The number of halogens is 1. The third kappa shape index (κ3) is 3.37. The van der Waals surface area contributed by atoms with Crippen LogP contribution < -0.4 is 0 Å². The normalized spacial score (nSPS) is 21.9. The average Bonchev–Trinajstić information content (AvgIpc) is 2.43. The maximum absolute atomic E-state index is 14.0. The molecule has 2 rings (SSSR count). The number of ether oxygens (including phenoxy) is 1. The Labute approximate surface area is 122 Å². The molecule has 0 aliphatic heterocycles. The third-order valence-electron chi connectivity index (χ3n) is 3.96. The molecule has 0 aromatic heterocycles. The summed E-state index contributed by atoms with van der Waals surface area (Å²) in [5.41, 5.74) is -0.607. The molecule has 1 fully saturated rings. The van der Waals surface area contributed by atoms with E-state index in [-0.39, 0.29) is 28.8 Å². The lowest BCUT2D eigenvalue weighted by atomic mass is 9.88. The van der Waals surface area contributed by atoms with Crippen molar-refractivity contribution in [3.63, 3.8) is 0 Å². The number of rotatable bonds is 3. The Kier molecular flexibility index (Phi) is 4.55. The fourth-order valence-electron chi connectivity index (χ4n) is 2.66. The fraction of sp³-hybridized carbons (Fsp3) is 0.533. The van der Waals surface area contributed by atoms with E-state index in [1.165, 1.54) is 6.92 Å². The van der Waals surface area contributed by atoms with E-state index < -0.39 is 16.7 Å². The topological polar surface area (TPSA) is 69.4 Å². The van der Waals surface area contributed by atoms with Crippen LogP contribution in [0.2, 0.25) is 0 Å². The molecule has 2 atom stereocenters. The number of nitro benzene ring substituents is 1. The number of esters is 1. The molecule has 5 nitrogen and oxygen atoms in total. The summed E-state index contributed by atoms with van der Waals surface area (Å²) in [5.74, 6) is -1.35. The highest BCUT2D eigenvalue weighted by atomic mass is 19.1. The standard InChI is InChI=1S/C15H18FNO4/c1-9-5-3-4-6-13(9)21-15(18)12-8-11(17(19)20)7-10(2)14(12)16/h7-9,13H,3-6H2,1-2H3. The predicted molar refractivity (Wildman–Crippen MR) is 74.6 cm³/mol. The molecule has 21 heavy (non-hydrogen) atoms. The molecule has 0 heterocycles. The van der Waals surface area contributed by atoms with Crippen LogP contribution in [0.4, 0.5) is 10.1 Å². The van der Waals surface area contributed by atoms with Crippen LogP contribution in [0.1, 0.15) is 48.5 Å². The quantitative estimate of drug-likeness (QED) is 0.483. The van der Waals surface area contributed by atoms with E-state index >= 15 is 0 Å². The van der Waals surface area contributed by atoms with Gasteiger partial charge >= 0.3 is 5.97 Å². The van der Waals surface area contributed by atoms with Gasteiger partial charge in [-0.25, -0.2) is 9.18 Å². The first kappa shape index (κ1) is 15.4. The zero-order valence-electron chi connectivity index (χ0n) is 12.1. The molecule has 114 valence electrons. The van der Waals surface area contributed by atoms with Crippen molar-refractivity contribution in [3.8, 4) is 0 Å². The molecule has 0 saturated heterocycles. The van der Waals surface area contributed by atoms with Gasteiger partial charge in [-0.3, -0.25) is 10.1 Å². The second-order valence-corrected chi connectivity index (χ2v) is 5.59. The van der Waals surface area contributed by atoms with E-state index in [9.17, 15) is 19.3 Å². The molecule has 0 amide bonds. The predicted octanol–water partition coefficient (Wildman–Crippen LogP) is 3.78. The van der Waals surface area contributed by atoms with Gasteiger partial charge in [0.2, 0.25) is 0 Å². The summed E-state index contributed by atoms with van der Waals surface area (Å²) in [4.78, 5) is 22.3. The average molecular weight is 295 g/mol. The third-order valence-corrected chi connectivity index (χ3v) is 3.96. The number of aryl methyl sites for hydroxylation is 1. The highest BCUT2D eigenvalue weighted by molar-refractivity contribution is 5.91. The summed E-state index contributed by atoms with van der Waals surface area (Å²) in [7, 11) is 0. The van der Waals surface area contributed by atoms with Crippen LogP contribution in [0, 0.1) is 28.8 Å². The SMILES string of the molecule is Cc1cc([N+](=O)[O-])cc(C(=O)OC2CCCCC2C)c1F. The Balaban J connectivity index is 2.24. The highest BCUT2D eigenvalue weighted by Crippen LogP contribution is 2.28. The Morgan fingerprint density at radius 2 is 2.05 bits per heavy atom. The van der Waals surface area contributed by atoms with E-state index in [4.69, 9.17) is 4.74 Å². The molecular formula is C15H18FNO4. The van der Waals surface area contributed by atoms with E-state index in [1.54, 1.807) is 0 Å². The van der Waals surface area contributed by atoms with E-state index in [0.29, 0.717) is 0 Å². The summed E-state index contributed by atoms with van der Waals surface area (Å²) < 4.78 is 19.4. The first-order valence-electron chi connectivity index (χ1n) is 7.05. The zero-order chi connectivity index (χ0) is 15.6. The van der Waals surface area contributed by atoms with Crippen molar-refractivity contribution in [2.75, 3.05) is 0 Å². The number of nitrogens with zero attached hydrogens (tertiary/aromatic N) is 1. The Bertz CT molecular complexity index is 573. The van der Waals surface area contributed by atoms with Crippen molar-refractivity contribution >= 4 is 11.7 Å². The molecular weight excluding hydrogens is 277 g/mol. The summed E-state index contributed by atoms with van der Waals surface area (Å²) in [6, 6.07) is 2.05. The molecule has 1 aliphatic carbocycles. The van der Waals surface area contributed by atoms with Gasteiger partial charge in [-0.1, -0.05) is 13.3 Å². The van der Waals surface area contributed by atoms with Crippen molar-refractivity contribution < 1.29 is 18.8 Å². The monoisotopic (exact) mass is 295 g/mol. The van der Waals surface area contributed by atoms with Gasteiger partial charge in [0.1, 0.15) is 17.5 Å². The molecule has 1 aromatic rings. The maximum atomic E-state index is 14.0. The number of hydrogen-bond donors (Lipinski definition) is 0. The second kappa shape index (κ2) is 6.20. The smallest absolute Gasteiger partial charge is 0.341 e. The lowest BCUT2D eigenvalue weighted by Crippen LogP contribution is -2.28. The number of nitro groups is 1. The first-order chi connectivity index (χ1) is 9.90. The molecule has 0 bridgehead atoms. The molecule has 6 heteroatoms. The molecule has 0 radical (unpaired) electrons. The number of hydrogen-bond acceptors (Lipinski definition) is 4. The van der Waals surface area contributed by atoms with Crippen molar-refractivity contribution in [2.24, 2.45) is 5.92 Å². The summed E-state index contributed by atoms with van der Waals surface area (Å²) in [6.07, 6.45) is 3.54. The van der Waals surface area contributed by atoms with Crippen LogP contribution in [0.5, 0.6) is 0 Å². The Morgan fingerprint density at radius 3 is 2.67 bits per heavy atom. The Hall–Kier alpha value is -1.98. The lowest BCUT2D eigenvalue weighted by Gasteiger charge is -2.28. The largest absolute Gasteiger partial charge is 0.458 e. The van der Waals surface area contributed by atoms with Crippen molar-refractivity contribution in [1.29, 1.82) is 0 Å². The lowest BCUT2D eigenvalue weighted by molar-refractivity contribution is -0.385. The maximum Gasteiger partial charge on any atom is 0.341 e. The molecule has 1 aromatic carbocycles. The molecule has 1 saturated carbocycles. The van der Waals surface area contributed by atoms with Crippen LogP contribution in [0.25, 0.3) is 0 Å². The van der Waals surface area contributed by atoms with Gasteiger partial charge in [-0.05, 0) is 37.7 Å². The number of benzene rings is 1. The van der Waals surface area contributed by atoms with Gasteiger partial charge < -0.3 is 4.74 Å². The van der Waals surface area contributed by atoms with E-state index in [1.807, 2.05) is 6.92 Å². The Morgan fingerprint density at radius 1 is 1.38 bits per heavy atom. The summed E-state index contributed by atoms with van der Waals surface area (Å²) in [5, 5.41) is 10.8. The molecule has 0 N–H and O–H groups in total. The van der Waals surface area contributed by atoms with Gasteiger partial charge in [0.25, 0.3) is 5.69 Å². The first-order valence-corrected chi connectivity index (χ1v) is 7.05. The second-order valence-electron chi connectivity index (χ2n) is 5.59. The van der Waals surface area contributed by atoms with Gasteiger partial charge in [-0.15, -0.1) is 0 Å². The number of carbonyl (C=O) groups excluding carboxylic acids is 1.